The maximum absolute atomic E-state index is 13.4. The fraction of sp³-hybridized carbons (Fsp3) is 0.517. The van der Waals surface area contributed by atoms with E-state index in [9.17, 15) is 13.2 Å². The number of nitrogens with one attached hydrogen (secondary N) is 1. The van der Waals surface area contributed by atoms with Crippen molar-refractivity contribution in [1.29, 1.82) is 0 Å². The minimum atomic E-state index is -4.46. The lowest BCUT2D eigenvalue weighted by molar-refractivity contribution is -0.137. The second kappa shape index (κ2) is 9.29. The Morgan fingerprint density at radius 2 is 1.82 bits per heavy atom. The van der Waals surface area contributed by atoms with Gasteiger partial charge < -0.3 is 20.7 Å². The first-order valence-electron chi connectivity index (χ1n) is 13.5. The molecule has 6 rings (SSSR count). The quantitative estimate of drug-likeness (QED) is 0.395. The number of hydrogen-bond donors (Lipinski definition) is 2. The number of hydrogen-bond acceptors (Lipinski definition) is 6. The van der Waals surface area contributed by atoms with Gasteiger partial charge in [-0.3, -0.25) is 0 Å². The predicted molar refractivity (Wildman–Crippen MR) is 144 cm³/mol. The molecular weight excluding hydrogens is 491 g/mol. The monoisotopic (exact) mass is 525 g/mol. The number of aryl methyl sites for hydroxylation is 2. The Bertz CT molecular complexity index is 1380. The van der Waals surface area contributed by atoms with Crippen molar-refractivity contribution in [1.82, 2.24) is 9.97 Å². The van der Waals surface area contributed by atoms with Crippen molar-refractivity contribution in [2.75, 3.05) is 42.3 Å². The van der Waals surface area contributed by atoms with Crippen LogP contribution in [-0.4, -0.2) is 36.3 Å². The van der Waals surface area contributed by atoms with Crippen molar-refractivity contribution in [2.45, 2.75) is 64.6 Å². The summed E-state index contributed by atoms with van der Waals surface area (Å²) in [5.74, 6) is 1.28. The number of fused-ring (bicyclic) bond motifs is 3. The molecule has 1 spiro atoms. The average molecular weight is 526 g/mol. The number of nitrogen functional groups attached to an aromatic ring is 1. The molecule has 202 valence electrons. The Morgan fingerprint density at radius 3 is 2.58 bits per heavy atom. The highest BCUT2D eigenvalue weighted by Crippen LogP contribution is 2.45. The molecule has 3 aliphatic rings. The van der Waals surface area contributed by atoms with Crippen LogP contribution in [0.25, 0.3) is 10.9 Å². The molecule has 0 saturated carbocycles. The van der Waals surface area contributed by atoms with Gasteiger partial charge >= 0.3 is 6.18 Å². The van der Waals surface area contributed by atoms with Gasteiger partial charge in [-0.25, -0.2) is 9.97 Å². The number of anilines is 3. The Labute approximate surface area is 220 Å². The molecule has 38 heavy (non-hydrogen) atoms. The van der Waals surface area contributed by atoms with Crippen molar-refractivity contribution < 1.29 is 17.9 Å². The maximum Gasteiger partial charge on any atom is 0.416 e. The van der Waals surface area contributed by atoms with E-state index >= 15 is 0 Å². The van der Waals surface area contributed by atoms with Gasteiger partial charge in [0.25, 0.3) is 0 Å². The highest BCUT2D eigenvalue weighted by Gasteiger charge is 2.40. The fourth-order valence-corrected chi connectivity index (χ4v) is 6.58. The third kappa shape index (κ3) is 4.55. The number of alkyl halides is 3. The summed E-state index contributed by atoms with van der Waals surface area (Å²) >= 11 is 0. The van der Waals surface area contributed by atoms with Crippen LogP contribution < -0.4 is 16.0 Å². The van der Waals surface area contributed by atoms with Crippen LogP contribution in [-0.2, 0) is 23.8 Å². The SMILES string of the molecule is Cc1nc(NC(C)c2cc(N)cc(C(F)(F)F)c2)c2cc(N3CCC4(CCOCC4)C3)c3c(c2n1)CCC3. The van der Waals surface area contributed by atoms with Crippen molar-refractivity contribution in [3.8, 4) is 0 Å². The number of halogens is 3. The number of benzene rings is 2. The summed E-state index contributed by atoms with van der Waals surface area (Å²) in [7, 11) is 0. The van der Waals surface area contributed by atoms with Gasteiger partial charge in [0.2, 0.25) is 0 Å². The summed E-state index contributed by atoms with van der Waals surface area (Å²) in [6, 6.07) is 5.49. The molecule has 1 unspecified atom stereocenters. The van der Waals surface area contributed by atoms with E-state index in [-0.39, 0.29) is 5.69 Å². The van der Waals surface area contributed by atoms with Crippen LogP contribution in [0.5, 0.6) is 0 Å². The topological polar surface area (TPSA) is 76.3 Å². The molecule has 3 aromatic rings. The number of nitrogens with zero attached hydrogens (tertiary/aromatic N) is 3. The van der Waals surface area contributed by atoms with Crippen LogP contribution >= 0.6 is 0 Å². The molecule has 1 atom stereocenters. The average Bonchev–Trinajstić information content (AvgIpc) is 3.51. The zero-order chi connectivity index (χ0) is 26.7. The summed E-state index contributed by atoms with van der Waals surface area (Å²) in [6.45, 7) is 7.42. The number of ether oxygens (including phenoxy) is 1. The van der Waals surface area contributed by atoms with Crippen molar-refractivity contribution in [2.24, 2.45) is 5.41 Å². The van der Waals surface area contributed by atoms with E-state index in [0.29, 0.717) is 22.6 Å². The third-order valence-electron chi connectivity index (χ3n) is 8.64. The Hall–Kier alpha value is -3.07. The molecular formula is C29H34F3N5O. The van der Waals surface area contributed by atoms with E-state index in [0.717, 1.165) is 81.4 Å². The summed E-state index contributed by atoms with van der Waals surface area (Å²) in [5, 5.41) is 4.33. The van der Waals surface area contributed by atoms with Crippen LogP contribution in [0.1, 0.15) is 66.7 Å². The largest absolute Gasteiger partial charge is 0.416 e. The lowest BCUT2D eigenvalue weighted by Gasteiger charge is -2.34. The Morgan fingerprint density at radius 1 is 1.05 bits per heavy atom. The lowest BCUT2D eigenvalue weighted by atomic mass is 9.80. The zero-order valence-electron chi connectivity index (χ0n) is 21.9. The number of aromatic nitrogens is 2. The van der Waals surface area contributed by atoms with Crippen LogP contribution in [0.4, 0.5) is 30.4 Å². The summed E-state index contributed by atoms with van der Waals surface area (Å²) in [5.41, 5.74) is 10.9. The molecule has 1 aromatic heterocycles. The molecule has 2 fully saturated rings. The summed E-state index contributed by atoms with van der Waals surface area (Å²) in [6.07, 6.45) is 2.03. The Balaban J connectivity index is 1.39. The standard InChI is InChI=1S/C29H34F3N5O/c1-17(19-12-20(29(30,31)32)14-21(33)13-19)34-27-24-15-25(37-9-6-28(16-37)7-10-38-11-8-28)22-4-3-5-23(22)26(24)35-18(2)36-27/h12-15,17H,3-11,16,33H2,1-2H3,(H,34,35,36). The van der Waals surface area contributed by atoms with Gasteiger partial charge in [-0.15, -0.1) is 0 Å². The minimum Gasteiger partial charge on any atom is -0.399 e. The van der Waals surface area contributed by atoms with E-state index in [1.54, 1.807) is 6.07 Å². The zero-order valence-corrected chi connectivity index (χ0v) is 21.9. The first kappa shape index (κ1) is 25.2. The minimum absolute atomic E-state index is 0.0865. The van der Waals surface area contributed by atoms with E-state index in [4.69, 9.17) is 20.4 Å². The van der Waals surface area contributed by atoms with E-state index in [2.05, 4.69) is 16.3 Å². The van der Waals surface area contributed by atoms with Gasteiger partial charge in [-0.1, -0.05) is 0 Å². The van der Waals surface area contributed by atoms with Gasteiger partial charge in [0.15, 0.2) is 0 Å². The molecule has 9 heteroatoms. The van der Waals surface area contributed by atoms with Gasteiger partial charge in [-0.2, -0.15) is 13.2 Å². The molecule has 2 aromatic carbocycles. The molecule has 3 N–H and O–H groups in total. The second-order valence-electron chi connectivity index (χ2n) is 11.3. The first-order chi connectivity index (χ1) is 18.1. The Kier molecular flexibility index (Phi) is 6.17. The van der Waals surface area contributed by atoms with Crippen LogP contribution in [0.2, 0.25) is 0 Å². The summed E-state index contributed by atoms with van der Waals surface area (Å²) in [4.78, 5) is 12.1. The molecule has 6 nitrogen and oxygen atoms in total. The van der Waals surface area contributed by atoms with E-state index in [1.165, 1.54) is 23.2 Å². The molecule has 0 radical (unpaired) electrons. The van der Waals surface area contributed by atoms with Crippen molar-refractivity contribution in [3.05, 3.63) is 52.3 Å². The molecule has 1 aliphatic carbocycles. The van der Waals surface area contributed by atoms with Gasteiger partial charge in [0, 0.05) is 43.1 Å². The lowest BCUT2D eigenvalue weighted by Crippen LogP contribution is -2.33. The highest BCUT2D eigenvalue weighted by molar-refractivity contribution is 5.96. The fourth-order valence-electron chi connectivity index (χ4n) is 6.58. The normalized spacial score (nSPS) is 19.8. The van der Waals surface area contributed by atoms with E-state index in [1.807, 2.05) is 13.8 Å². The highest BCUT2D eigenvalue weighted by atomic mass is 19.4. The smallest absolute Gasteiger partial charge is 0.399 e. The first-order valence-corrected chi connectivity index (χ1v) is 13.5. The molecule has 2 aliphatic heterocycles. The molecule has 3 heterocycles. The van der Waals surface area contributed by atoms with Crippen LogP contribution in [0.15, 0.2) is 24.3 Å². The van der Waals surface area contributed by atoms with Gasteiger partial charge in [0.1, 0.15) is 11.6 Å². The van der Waals surface area contributed by atoms with Crippen LogP contribution in [0.3, 0.4) is 0 Å². The van der Waals surface area contributed by atoms with Crippen molar-refractivity contribution >= 4 is 28.1 Å². The maximum atomic E-state index is 13.4. The van der Waals surface area contributed by atoms with Crippen molar-refractivity contribution in [3.63, 3.8) is 0 Å². The summed E-state index contributed by atoms with van der Waals surface area (Å²) < 4.78 is 46.0. The van der Waals surface area contributed by atoms with Gasteiger partial charge in [-0.05, 0) is 98.7 Å². The second-order valence-corrected chi connectivity index (χ2v) is 11.3. The molecule has 0 amide bonds. The van der Waals surface area contributed by atoms with Crippen LogP contribution in [0, 0.1) is 12.3 Å². The third-order valence-corrected chi connectivity index (χ3v) is 8.64. The number of nitrogens with two attached hydrogens (primary N) is 1. The predicted octanol–water partition coefficient (Wildman–Crippen LogP) is 6.21. The molecule has 0 bridgehead atoms. The molecule has 2 saturated heterocycles. The van der Waals surface area contributed by atoms with E-state index < -0.39 is 17.8 Å². The van der Waals surface area contributed by atoms with Gasteiger partial charge in [0.05, 0.1) is 17.1 Å². The number of rotatable bonds is 4.